The van der Waals surface area contributed by atoms with Crippen LogP contribution in [0.15, 0.2) is 12.2 Å². The summed E-state index contributed by atoms with van der Waals surface area (Å²) in [6.07, 6.45) is -6.03. The Morgan fingerprint density at radius 2 is 1.31 bits per heavy atom. The van der Waals surface area contributed by atoms with Crippen molar-refractivity contribution in [2.45, 2.75) is 261 Å². The average molecular weight is 1580 g/mol. The maximum absolute atomic E-state index is 15.9. The first-order valence-electron chi connectivity index (χ1n) is 39.8. The molecule has 111 heavy (non-hydrogen) atoms. The molecule has 27 nitrogen and oxygen atoms in total. The van der Waals surface area contributed by atoms with Crippen molar-refractivity contribution in [3.05, 3.63) is 12.2 Å². The van der Waals surface area contributed by atoms with Gasteiger partial charge < -0.3 is 74.3 Å². The lowest BCUT2D eigenvalue weighted by molar-refractivity contribution is -0.215. The molecule has 7 rings (SSSR count). The van der Waals surface area contributed by atoms with Crippen molar-refractivity contribution < 1.29 is 98.1 Å². The smallest absolute Gasteiger partial charge is 0.382 e. The standard InChI is InChI=1S/C78H124F6N12O15/c1-16-35-88(7)69(103)57-40-62(98)92(11)59(44-109-14)66(100)86-64(47(4)17-2)72(106)90(9)43-63(99)91(10)55-26-20-19-23-36-95(71(55)105)58(37-48-27-31-51(32-28-48)77(79,80)81)70(104)89(8)42-61(97)85-54(34-30-49-29-33-53(78(82,83)84)60(38-49)110-15)68(102)96-41-52(111-18-3)39-56(96)67(101)87-76(45-75(5,6)46-76)74(108)94(13)65(73(107)93(57)12)50-24-21-22-25-50/h19-20,47-60,64-65H,16-18,21-46H2,1-15H3,(H,85,97)(H,86,100)(H,87,101)/b20-19-/t47-,48?,49?,51?,52+,53?,54-,55-,56-,57-,58-,59-,60?,64-,65-/m0/s1. The molecule has 4 aliphatic carbocycles. The van der Waals surface area contributed by atoms with Gasteiger partial charge in [0.1, 0.15) is 53.9 Å². The van der Waals surface area contributed by atoms with E-state index in [0.717, 1.165) is 24.5 Å². The Bertz CT molecular complexity index is 3310. The molecule has 0 aromatic carbocycles. The molecule has 7 aliphatic rings. The van der Waals surface area contributed by atoms with E-state index in [1.54, 1.807) is 32.9 Å². The number of fused-ring (bicyclic) bond motifs is 3. The number of alkyl halides is 6. The van der Waals surface area contributed by atoms with Gasteiger partial charge in [-0.3, -0.25) is 57.5 Å². The van der Waals surface area contributed by atoms with E-state index >= 15 is 28.8 Å². The molecule has 0 radical (unpaired) electrons. The Kier molecular flexibility index (Phi) is 32.2. The third kappa shape index (κ3) is 22.4. The average Bonchev–Trinajstić information content (AvgIpc) is 1.62. The summed E-state index contributed by atoms with van der Waals surface area (Å²) in [4.78, 5) is 194. The highest BCUT2D eigenvalue weighted by molar-refractivity contribution is 6.01. The summed E-state index contributed by atoms with van der Waals surface area (Å²) < 4.78 is 103. The van der Waals surface area contributed by atoms with Gasteiger partial charge in [-0.15, -0.1) is 0 Å². The molecule has 3 N–H and O–H groups in total. The quantitative estimate of drug-likeness (QED) is 0.116. The molecule has 0 aromatic rings. The van der Waals surface area contributed by atoms with Crippen molar-refractivity contribution in [2.24, 2.45) is 40.9 Å². The lowest BCUT2D eigenvalue weighted by atomic mass is 9.58. The van der Waals surface area contributed by atoms with Crippen molar-refractivity contribution >= 4 is 70.9 Å². The number of carbonyl (C=O) groups is 12. The number of likely N-dealkylation sites (N-methyl/N-ethyl adjacent to an activating group) is 7. The summed E-state index contributed by atoms with van der Waals surface area (Å²) in [7, 11) is 12.1. The molecule has 2 saturated heterocycles. The largest absolute Gasteiger partial charge is 0.394 e. The minimum atomic E-state index is -4.57. The number of nitrogens with one attached hydrogen (secondary N) is 3. The number of amides is 12. The molecule has 13 atom stereocenters. The maximum atomic E-state index is 15.9. The van der Waals surface area contributed by atoms with E-state index in [1.165, 1.54) is 83.2 Å². The third-order valence-corrected chi connectivity index (χ3v) is 24.7. The SMILES string of the molecule is CCCN(C)C(=O)[C@@H]1CC(=O)N(C)[C@@H](COC)C(=O)N[C@@H]([C@@H](C)CC)C(=O)N(C)CC(=O)N(C)[C@H]2C/C=C\CCN(C2=O)[C@@H](CC2CCC(C(F)(F)F)CC2)C(=O)N(C)CC(=O)N[C@@H](CCC2CCC(C(F)(F)F)C(OC)C2)C(=O)N2C[C@H](OCC)C[C@H]2C(=O)NC2(CC(C)(C)C2)C(=O)N(C)[C@@H](C2CCCC2)C(=O)N1C. The number of methoxy groups -OCH3 is 2. The summed E-state index contributed by atoms with van der Waals surface area (Å²) >= 11 is 0. The molecule has 3 unspecified atom stereocenters. The number of ether oxygens (including phenoxy) is 3. The number of nitrogens with zero attached hydrogens (tertiary/aromatic N) is 9. The zero-order valence-electron chi connectivity index (χ0n) is 67.8. The van der Waals surface area contributed by atoms with E-state index < -0.39 is 216 Å². The number of halogens is 6. The van der Waals surface area contributed by atoms with E-state index in [1.807, 2.05) is 20.8 Å². The minimum absolute atomic E-state index is 0.0283. The first-order chi connectivity index (χ1) is 52.1. The zero-order chi connectivity index (χ0) is 82.5. The summed E-state index contributed by atoms with van der Waals surface area (Å²) in [5, 5.41) is 8.64. The fourth-order valence-corrected chi connectivity index (χ4v) is 18.2. The molecule has 12 amide bonds. The highest BCUT2D eigenvalue weighted by Crippen LogP contribution is 2.50. The normalized spacial score (nSPS) is 31.2. The number of rotatable bonds is 16. The molecular formula is C78H124F6N12O15. The van der Waals surface area contributed by atoms with E-state index in [4.69, 9.17) is 14.2 Å². The predicted octanol–water partition coefficient (Wildman–Crippen LogP) is 6.10. The van der Waals surface area contributed by atoms with Crippen LogP contribution in [0.1, 0.15) is 183 Å². The third-order valence-electron chi connectivity index (χ3n) is 24.7. The van der Waals surface area contributed by atoms with Gasteiger partial charge in [-0.25, -0.2) is 0 Å². The van der Waals surface area contributed by atoms with Gasteiger partial charge >= 0.3 is 12.4 Å². The molecular weight excluding hydrogens is 1460 g/mol. The molecule has 3 aliphatic heterocycles. The van der Waals surface area contributed by atoms with Crippen LogP contribution in [0.3, 0.4) is 0 Å². The van der Waals surface area contributed by atoms with Crippen LogP contribution in [0.2, 0.25) is 0 Å². The van der Waals surface area contributed by atoms with Crippen molar-refractivity contribution in [3.63, 3.8) is 0 Å². The van der Waals surface area contributed by atoms with Crippen molar-refractivity contribution in [1.29, 1.82) is 0 Å². The number of hydrogen-bond acceptors (Lipinski definition) is 15. The van der Waals surface area contributed by atoms with E-state index in [-0.39, 0.29) is 123 Å². The fourth-order valence-electron chi connectivity index (χ4n) is 18.2. The molecule has 3 heterocycles. The second-order valence-electron chi connectivity index (χ2n) is 33.3. The van der Waals surface area contributed by atoms with Gasteiger partial charge in [-0.1, -0.05) is 66.0 Å². The number of carbonyl (C=O) groups excluding carboxylic acids is 12. The Morgan fingerprint density at radius 1 is 0.667 bits per heavy atom. The molecule has 4 saturated carbocycles. The van der Waals surface area contributed by atoms with Gasteiger partial charge in [0.15, 0.2) is 0 Å². The topological polar surface area (TPSA) is 298 Å². The van der Waals surface area contributed by atoms with Gasteiger partial charge in [-0.2, -0.15) is 26.3 Å². The van der Waals surface area contributed by atoms with Crippen LogP contribution in [0.25, 0.3) is 0 Å². The van der Waals surface area contributed by atoms with Crippen molar-refractivity contribution in [2.75, 3.05) is 109 Å². The molecule has 6 fully saturated rings. The first-order valence-corrected chi connectivity index (χ1v) is 39.8. The van der Waals surface area contributed by atoms with Gasteiger partial charge in [-0.05, 0) is 145 Å². The van der Waals surface area contributed by atoms with Crippen LogP contribution in [0.5, 0.6) is 0 Å². The second kappa shape index (κ2) is 39.3. The van der Waals surface area contributed by atoms with E-state index in [0.29, 0.717) is 38.5 Å². The van der Waals surface area contributed by atoms with Crippen molar-refractivity contribution in [3.8, 4) is 0 Å². The number of hydrogen-bond donors (Lipinski definition) is 3. The fraction of sp³-hybridized carbons (Fsp3) is 0.821. The van der Waals surface area contributed by atoms with Crippen LogP contribution in [0, 0.1) is 40.9 Å². The van der Waals surface area contributed by atoms with Crippen LogP contribution >= 0.6 is 0 Å². The predicted molar refractivity (Wildman–Crippen MR) is 398 cm³/mol. The van der Waals surface area contributed by atoms with Crippen LogP contribution in [0.4, 0.5) is 26.3 Å². The summed E-state index contributed by atoms with van der Waals surface area (Å²) in [6.45, 7) is 8.99. The first kappa shape index (κ1) is 91.0. The molecule has 0 aromatic heterocycles. The highest BCUT2D eigenvalue weighted by Gasteiger charge is 2.60. The maximum Gasteiger partial charge on any atom is 0.394 e. The second-order valence-corrected chi connectivity index (χ2v) is 33.3. The minimum Gasteiger partial charge on any atom is -0.382 e. The Balaban J connectivity index is 1.34. The van der Waals surface area contributed by atoms with Gasteiger partial charge in [0.05, 0.1) is 50.2 Å². The zero-order valence-corrected chi connectivity index (χ0v) is 67.8. The van der Waals surface area contributed by atoms with Crippen LogP contribution in [-0.2, 0) is 71.7 Å². The lowest BCUT2D eigenvalue weighted by Gasteiger charge is -2.54. The summed E-state index contributed by atoms with van der Waals surface area (Å²) in [5.74, 6) is -14.6. The summed E-state index contributed by atoms with van der Waals surface area (Å²) in [6, 6.07) is -11.3. The van der Waals surface area contributed by atoms with Crippen LogP contribution in [-0.4, -0.2) is 303 Å². The lowest BCUT2D eigenvalue weighted by Crippen LogP contribution is -2.71. The molecule has 628 valence electrons. The van der Waals surface area contributed by atoms with Gasteiger partial charge in [0, 0.05) is 96.2 Å². The Morgan fingerprint density at radius 3 is 1.89 bits per heavy atom. The van der Waals surface area contributed by atoms with Gasteiger partial charge in [0.25, 0.3) is 0 Å². The summed E-state index contributed by atoms with van der Waals surface area (Å²) in [5.41, 5.74) is -2.28. The van der Waals surface area contributed by atoms with E-state index in [9.17, 15) is 55.1 Å². The van der Waals surface area contributed by atoms with E-state index in [2.05, 4.69) is 16.0 Å². The van der Waals surface area contributed by atoms with Gasteiger partial charge in [0.2, 0.25) is 70.9 Å². The Labute approximate surface area is 650 Å². The molecule has 2 bridgehead atoms. The highest BCUT2D eigenvalue weighted by atomic mass is 19.4. The van der Waals surface area contributed by atoms with Crippen LogP contribution < -0.4 is 16.0 Å². The monoisotopic (exact) mass is 1580 g/mol. The van der Waals surface area contributed by atoms with Crippen molar-refractivity contribution in [1.82, 2.24) is 60.0 Å². The molecule has 33 heteroatoms. The molecule has 1 spiro atoms. The Hall–Kier alpha value is -7.16.